The molecule has 5 heteroatoms. The van der Waals surface area contributed by atoms with Crippen molar-refractivity contribution in [2.45, 2.75) is 27.3 Å². The van der Waals surface area contributed by atoms with Crippen molar-refractivity contribution >= 4 is 0 Å². The van der Waals surface area contributed by atoms with Gasteiger partial charge in [0.2, 0.25) is 5.95 Å². The van der Waals surface area contributed by atoms with Gasteiger partial charge >= 0.3 is 0 Å². The summed E-state index contributed by atoms with van der Waals surface area (Å²) < 4.78 is 1.68. The van der Waals surface area contributed by atoms with Crippen LogP contribution in [0.25, 0.3) is 5.95 Å². The topological polar surface area (TPSA) is 55.6 Å². The van der Waals surface area contributed by atoms with Crippen LogP contribution in [-0.4, -0.2) is 26.3 Å². The maximum atomic E-state index is 4.31. The number of nitrogens with zero attached hydrogens (tertiary/aromatic N) is 4. The van der Waals surface area contributed by atoms with Crippen molar-refractivity contribution in [2.75, 3.05) is 6.54 Å². The van der Waals surface area contributed by atoms with Crippen molar-refractivity contribution in [1.82, 2.24) is 25.1 Å². The minimum atomic E-state index is 0.607. The smallest absolute Gasteiger partial charge is 0.250 e. The van der Waals surface area contributed by atoms with Gasteiger partial charge in [-0.3, -0.25) is 0 Å². The number of hydrogen-bond acceptors (Lipinski definition) is 4. The Morgan fingerprint density at radius 3 is 2.50 bits per heavy atom. The van der Waals surface area contributed by atoms with Crippen molar-refractivity contribution in [2.24, 2.45) is 5.92 Å². The molecule has 2 aromatic rings. The van der Waals surface area contributed by atoms with Crippen LogP contribution in [0.1, 0.15) is 25.0 Å². The van der Waals surface area contributed by atoms with E-state index in [0.717, 1.165) is 24.2 Å². The first-order chi connectivity index (χ1) is 8.65. The number of rotatable bonds is 5. The van der Waals surface area contributed by atoms with Crippen molar-refractivity contribution in [3.63, 3.8) is 0 Å². The second-order valence-corrected chi connectivity index (χ2v) is 4.88. The molecule has 0 unspecified atom stereocenters. The number of aromatic nitrogens is 4. The number of nitrogens with one attached hydrogen (secondary N) is 1. The van der Waals surface area contributed by atoms with Crippen LogP contribution in [0.15, 0.2) is 24.8 Å². The van der Waals surface area contributed by atoms with E-state index in [0.29, 0.717) is 11.9 Å². The molecule has 0 aliphatic carbocycles. The first-order valence-electron chi connectivity index (χ1n) is 6.18. The second kappa shape index (κ2) is 5.73. The van der Waals surface area contributed by atoms with Crippen LogP contribution in [-0.2, 0) is 6.54 Å². The molecule has 0 saturated heterocycles. The normalized spacial score (nSPS) is 11.1. The number of aryl methyl sites for hydroxylation is 1. The molecule has 2 aromatic heterocycles. The summed E-state index contributed by atoms with van der Waals surface area (Å²) in [4.78, 5) is 8.62. The summed E-state index contributed by atoms with van der Waals surface area (Å²) in [6.07, 6.45) is 7.38. The summed E-state index contributed by atoms with van der Waals surface area (Å²) in [5, 5.41) is 7.54. The maximum Gasteiger partial charge on any atom is 0.250 e. The largest absolute Gasteiger partial charge is 0.312 e. The molecule has 0 amide bonds. The summed E-state index contributed by atoms with van der Waals surface area (Å²) in [5.74, 6) is 1.26. The fourth-order valence-electron chi connectivity index (χ4n) is 1.58. The van der Waals surface area contributed by atoms with Gasteiger partial charge in [-0.1, -0.05) is 13.8 Å². The fourth-order valence-corrected chi connectivity index (χ4v) is 1.58. The van der Waals surface area contributed by atoms with Gasteiger partial charge in [-0.2, -0.15) is 5.10 Å². The van der Waals surface area contributed by atoms with Crippen LogP contribution in [0, 0.1) is 12.8 Å². The monoisotopic (exact) mass is 245 g/mol. The van der Waals surface area contributed by atoms with Crippen LogP contribution in [0.4, 0.5) is 0 Å². The van der Waals surface area contributed by atoms with E-state index in [1.807, 2.05) is 25.5 Å². The molecule has 18 heavy (non-hydrogen) atoms. The van der Waals surface area contributed by atoms with Crippen LogP contribution in [0.3, 0.4) is 0 Å². The van der Waals surface area contributed by atoms with E-state index in [1.54, 1.807) is 10.9 Å². The molecule has 2 rings (SSSR count). The highest BCUT2D eigenvalue weighted by Crippen LogP contribution is 2.03. The highest BCUT2D eigenvalue weighted by Gasteiger charge is 2.02. The molecule has 0 fully saturated rings. The highest BCUT2D eigenvalue weighted by atomic mass is 15.3. The van der Waals surface area contributed by atoms with E-state index in [9.17, 15) is 0 Å². The third-order valence-corrected chi connectivity index (χ3v) is 2.49. The van der Waals surface area contributed by atoms with Gasteiger partial charge in [0.05, 0.1) is 6.20 Å². The van der Waals surface area contributed by atoms with Crippen molar-refractivity contribution in [1.29, 1.82) is 0 Å². The molecule has 0 spiro atoms. The van der Waals surface area contributed by atoms with Gasteiger partial charge < -0.3 is 5.32 Å². The standard InChI is InChI=1S/C13H19N5/c1-10(2)4-14-6-12-7-15-13(16-8-12)18-9-11(3)5-17-18/h5,7-10,14H,4,6H2,1-3H3. The summed E-state index contributed by atoms with van der Waals surface area (Å²) >= 11 is 0. The minimum absolute atomic E-state index is 0.607. The van der Waals surface area contributed by atoms with E-state index < -0.39 is 0 Å². The Morgan fingerprint density at radius 2 is 1.94 bits per heavy atom. The SMILES string of the molecule is Cc1cnn(-c2ncc(CNCC(C)C)cn2)c1. The Morgan fingerprint density at radius 1 is 1.22 bits per heavy atom. The summed E-state index contributed by atoms with van der Waals surface area (Å²) in [6, 6.07) is 0. The molecule has 0 radical (unpaired) electrons. The first kappa shape index (κ1) is 12.7. The molecule has 5 nitrogen and oxygen atoms in total. The summed E-state index contributed by atoms with van der Waals surface area (Å²) in [6.45, 7) is 8.17. The second-order valence-electron chi connectivity index (χ2n) is 4.88. The lowest BCUT2D eigenvalue weighted by molar-refractivity contribution is 0.551. The molecule has 2 heterocycles. The Kier molecular flexibility index (Phi) is 4.04. The van der Waals surface area contributed by atoms with Gasteiger partial charge in [-0.05, 0) is 24.9 Å². The summed E-state index contributed by atoms with van der Waals surface area (Å²) in [7, 11) is 0. The van der Waals surface area contributed by atoms with Crippen LogP contribution in [0.2, 0.25) is 0 Å². The Balaban J connectivity index is 1.97. The van der Waals surface area contributed by atoms with Gasteiger partial charge in [0.25, 0.3) is 0 Å². The van der Waals surface area contributed by atoms with Crippen molar-refractivity contribution in [3.8, 4) is 5.95 Å². The van der Waals surface area contributed by atoms with Gasteiger partial charge in [0.15, 0.2) is 0 Å². The zero-order chi connectivity index (χ0) is 13.0. The molecule has 0 aliphatic rings. The zero-order valence-electron chi connectivity index (χ0n) is 11.1. The predicted octanol–water partition coefficient (Wildman–Crippen LogP) is 1.72. The third-order valence-electron chi connectivity index (χ3n) is 2.49. The van der Waals surface area contributed by atoms with Gasteiger partial charge in [0, 0.05) is 30.7 Å². The molecule has 1 N–H and O–H groups in total. The van der Waals surface area contributed by atoms with Gasteiger partial charge in [-0.15, -0.1) is 0 Å². The Labute approximate surface area is 107 Å². The van der Waals surface area contributed by atoms with Crippen LogP contribution >= 0.6 is 0 Å². The van der Waals surface area contributed by atoms with Crippen LogP contribution in [0.5, 0.6) is 0 Å². The van der Waals surface area contributed by atoms with E-state index in [1.165, 1.54) is 0 Å². The zero-order valence-corrected chi connectivity index (χ0v) is 11.1. The fraction of sp³-hybridized carbons (Fsp3) is 0.462. The number of hydrogen-bond donors (Lipinski definition) is 1. The molecular formula is C13H19N5. The lowest BCUT2D eigenvalue weighted by Gasteiger charge is -2.07. The highest BCUT2D eigenvalue weighted by molar-refractivity contribution is 5.15. The average Bonchev–Trinajstić information content (AvgIpc) is 2.76. The predicted molar refractivity (Wildman–Crippen MR) is 70.4 cm³/mol. The van der Waals surface area contributed by atoms with Gasteiger partial charge in [-0.25, -0.2) is 14.6 Å². The van der Waals surface area contributed by atoms with E-state index in [2.05, 4.69) is 34.2 Å². The van der Waals surface area contributed by atoms with E-state index in [4.69, 9.17) is 0 Å². The third kappa shape index (κ3) is 3.37. The van der Waals surface area contributed by atoms with Crippen LogP contribution < -0.4 is 5.32 Å². The lowest BCUT2D eigenvalue weighted by atomic mass is 10.2. The van der Waals surface area contributed by atoms with Gasteiger partial charge in [0.1, 0.15) is 0 Å². The summed E-state index contributed by atoms with van der Waals surface area (Å²) in [5.41, 5.74) is 2.18. The molecule has 0 saturated carbocycles. The molecule has 0 atom stereocenters. The maximum absolute atomic E-state index is 4.31. The molecule has 0 aliphatic heterocycles. The lowest BCUT2D eigenvalue weighted by Crippen LogP contribution is -2.19. The minimum Gasteiger partial charge on any atom is -0.312 e. The Bertz CT molecular complexity index is 486. The average molecular weight is 245 g/mol. The molecule has 96 valence electrons. The quantitative estimate of drug-likeness (QED) is 0.871. The van der Waals surface area contributed by atoms with Crippen molar-refractivity contribution in [3.05, 3.63) is 35.9 Å². The Hall–Kier alpha value is -1.75. The van der Waals surface area contributed by atoms with E-state index in [-0.39, 0.29) is 0 Å². The van der Waals surface area contributed by atoms with E-state index >= 15 is 0 Å². The van der Waals surface area contributed by atoms with Crippen molar-refractivity contribution < 1.29 is 0 Å². The first-order valence-corrected chi connectivity index (χ1v) is 6.18. The molecule has 0 aromatic carbocycles. The molecule has 0 bridgehead atoms. The molecular weight excluding hydrogens is 226 g/mol.